The van der Waals surface area contributed by atoms with Gasteiger partial charge in [0.25, 0.3) is 0 Å². The van der Waals surface area contributed by atoms with Crippen LogP contribution in [-0.4, -0.2) is 13.7 Å². The second-order valence-corrected chi connectivity index (χ2v) is 5.43. The monoisotopic (exact) mass is 281 g/mol. The highest BCUT2D eigenvalue weighted by Gasteiger charge is 2.28. The van der Waals surface area contributed by atoms with E-state index in [1.54, 1.807) is 0 Å². The van der Waals surface area contributed by atoms with Crippen molar-refractivity contribution in [2.45, 2.75) is 31.7 Å². The van der Waals surface area contributed by atoms with E-state index in [1.807, 2.05) is 7.05 Å². The maximum Gasteiger partial charge on any atom is 0.126 e. The van der Waals surface area contributed by atoms with Crippen molar-refractivity contribution in [1.29, 1.82) is 0 Å². The quantitative estimate of drug-likeness (QED) is 0.855. The predicted molar refractivity (Wildman–Crippen MR) is 68.1 cm³/mol. The van der Waals surface area contributed by atoms with Gasteiger partial charge in [0.15, 0.2) is 0 Å². The summed E-state index contributed by atoms with van der Waals surface area (Å²) in [7, 11) is 2.04. The molecule has 2 aliphatic rings. The molecule has 0 aromatic heterocycles. The van der Waals surface area contributed by atoms with Crippen LogP contribution in [0.25, 0.3) is 0 Å². The van der Waals surface area contributed by atoms with E-state index in [9.17, 15) is 0 Å². The van der Waals surface area contributed by atoms with Gasteiger partial charge < -0.3 is 10.1 Å². The molecule has 3 rings (SSSR count). The molecule has 0 saturated carbocycles. The van der Waals surface area contributed by atoms with E-state index < -0.39 is 0 Å². The standard InChI is InChI=1S/C13H16BrNO/c1-15-11-4-2-3-9-12(11)10(14)7-8-5-6-16-13(8)9/h7,11,15H,2-6H2,1H3. The molecular formula is C13H16BrNO. The van der Waals surface area contributed by atoms with E-state index in [1.165, 1.54) is 39.8 Å². The van der Waals surface area contributed by atoms with Crippen LogP contribution < -0.4 is 10.1 Å². The maximum absolute atomic E-state index is 5.80. The molecule has 0 amide bonds. The third kappa shape index (κ3) is 1.49. The average molecular weight is 282 g/mol. The Labute approximate surface area is 105 Å². The zero-order chi connectivity index (χ0) is 11.1. The van der Waals surface area contributed by atoms with E-state index in [0.717, 1.165) is 19.4 Å². The number of rotatable bonds is 1. The molecule has 86 valence electrons. The minimum absolute atomic E-state index is 0.479. The van der Waals surface area contributed by atoms with Gasteiger partial charge in [-0.25, -0.2) is 0 Å². The van der Waals surface area contributed by atoms with E-state index in [-0.39, 0.29) is 0 Å². The lowest BCUT2D eigenvalue weighted by Crippen LogP contribution is -2.22. The zero-order valence-electron chi connectivity index (χ0n) is 9.48. The lowest BCUT2D eigenvalue weighted by atomic mass is 9.86. The third-order valence-electron chi connectivity index (χ3n) is 3.68. The Hall–Kier alpha value is -0.540. The van der Waals surface area contributed by atoms with Crippen LogP contribution in [0.5, 0.6) is 5.75 Å². The Morgan fingerprint density at radius 1 is 1.44 bits per heavy atom. The lowest BCUT2D eigenvalue weighted by Gasteiger charge is -2.28. The summed E-state index contributed by atoms with van der Waals surface area (Å²) in [5, 5.41) is 3.41. The first-order valence-corrected chi connectivity index (χ1v) is 6.74. The molecule has 1 aliphatic heterocycles. The van der Waals surface area contributed by atoms with Gasteiger partial charge in [-0.15, -0.1) is 0 Å². The number of ether oxygens (including phenoxy) is 1. The Morgan fingerprint density at radius 2 is 2.31 bits per heavy atom. The predicted octanol–water partition coefficient (Wildman–Crippen LogP) is 2.98. The zero-order valence-corrected chi connectivity index (χ0v) is 11.1. The molecule has 0 radical (unpaired) electrons. The molecule has 1 aromatic rings. The van der Waals surface area contributed by atoms with Crippen molar-refractivity contribution >= 4 is 15.9 Å². The van der Waals surface area contributed by atoms with Crippen molar-refractivity contribution in [3.8, 4) is 5.75 Å². The number of nitrogens with one attached hydrogen (secondary N) is 1. The molecule has 0 fully saturated rings. The Kier molecular flexibility index (Phi) is 2.68. The highest BCUT2D eigenvalue weighted by Crippen LogP contribution is 2.43. The molecule has 1 heterocycles. The molecule has 2 nitrogen and oxygen atoms in total. The summed E-state index contributed by atoms with van der Waals surface area (Å²) >= 11 is 3.72. The molecule has 1 aliphatic carbocycles. The lowest BCUT2D eigenvalue weighted by molar-refractivity contribution is 0.349. The summed E-state index contributed by atoms with van der Waals surface area (Å²) in [4.78, 5) is 0. The third-order valence-corrected chi connectivity index (χ3v) is 4.34. The van der Waals surface area contributed by atoms with E-state index in [2.05, 4.69) is 27.3 Å². The summed E-state index contributed by atoms with van der Waals surface area (Å²) in [6, 6.07) is 2.73. The van der Waals surface area contributed by atoms with Crippen LogP contribution in [0.1, 0.15) is 35.6 Å². The number of benzene rings is 1. The van der Waals surface area contributed by atoms with Crippen molar-refractivity contribution in [1.82, 2.24) is 5.32 Å². The molecule has 1 atom stereocenters. The van der Waals surface area contributed by atoms with Crippen LogP contribution in [0.3, 0.4) is 0 Å². The largest absolute Gasteiger partial charge is 0.493 e. The molecule has 1 unspecified atom stereocenters. The summed E-state index contributed by atoms with van der Waals surface area (Å²) in [6.45, 7) is 0.850. The van der Waals surface area contributed by atoms with Gasteiger partial charge in [-0.05, 0) is 43.5 Å². The van der Waals surface area contributed by atoms with Gasteiger partial charge in [0, 0.05) is 22.5 Å². The van der Waals surface area contributed by atoms with Crippen molar-refractivity contribution in [3.63, 3.8) is 0 Å². The second kappa shape index (κ2) is 4.04. The van der Waals surface area contributed by atoms with Gasteiger partial charge in [0.1, 0.15) is 5.75 Å². The van der Waals surface area contributed by atoms with Crippen LogP contribution in [0.15, 0.2) is 10.5 Å². The molecular weight excluding hydrogens is 266 g/mol. The van der Waals surface area contributed by atoms with Crippen molar-refractivity contribution in [2.75, 3.05) is 13.7 Å². The van der Waals surface area contributed by atoms with E-state index in [0.29, 0.717) is 6.04 Å². The van der Waals surface area contributed by atoms with Crippen molar-refractivity contribution in [2.24, 2.45) is 0 Å². The summed E-state index contributed by atoms with van der Waals surface area (Å²) in [5.74, 6) is 1.18. The topological polar surface area (TPSA) is 21.3 Å². The van der Waals surface area contributed by atoms with Crippen LogP contribution in [0, 0.1) is 0 Å². The smallest absolute Gasteiger partial charge is 0.126 e. The fourth-order valence-corrected chi connectivity index (χ4v) is 3.72. The summed E-state index contributed by atoms with van der Waals surface area (Å²) in [6.07, 6.45) is 4.70. The fourth-order valence-electron chi connectivity index (χ4n) is 2.93. The Balaban J connectivity index is 2.19. The van der Waals surface area contributed by atoms with Gasteiger partial charge in [0.2, 0.25) is 0 Å². The first-order valence-electron chi connectivity index (χ1n) is 5.95. The SMILES string of the molecule is CNC1CCCc2c3c(cc(Br)c21)CCO3. The van der Waals surface area contributed by atoms with Gasteiger partial charge in [0.05, 0.1) is 6.61 Å². The fraction of sp³-hybridized carbons (Fsp3) is 0.538. The highest BCUT2D eigenvalue weighted by molar-refractivity contribution is 9.10. The average Bonchev–Trinajstić information content (AvgIpc) is 2.76. The summed E-state index contributed by atoms with van der Waals surface area (Å²) < 4.78 is 7.05. The summed E-state index contributed by atoms with van der Waals surface area (Å²) in [5.41, 5.74) is 4.24. The number of hydrogen-bond acceptors (Lipinski definition) is 2. The van der Waals surface area contributed by atoms with Gasteiger partial charge >= 0.3 is 0 Å². The first kappa shape index (κ1) is 10.6. The molecule has 0 saturated heterocycles. The van der Waals surface area contributed by atoms with Gasteiger partial charge in [-0.2, -0.15) is 0 Å². The first-order chi connectivity index (χ1) is 7.81. The van der Waals surface area contributed by atoms with E-state index >= 15 is 0 Å². The molecule has 1 N–H and O–H groups in total. The molecule has 16 heavy (non-hydrogen) atoms. The van der Waals surface area contributed by atoms with Crippen LogP contribution in [0.2, 0.25) is 0 Å². The highest BCUT2D eigenvalue weighted by atomic mass is 79.9. The van der Waals surface area contributed by atoms with Crippen LogP contribution in [0.4, 0.5) is 0 Å². The van der Waals surface area contributed by atoms with Crippen molar-refractivity contribution in [3.05, 3.63) is 27.2 Å². The second-order valence-electron chi connectivity index (χ2n) is 4.57. The van der Waals surface area contributed by atoms with Crippen LogP contribution >= 0.6 is 15.9 Å². The van der Waals surface area contributed by atoms with Gasteiger partial charge in [-0.3, -0.25) is 0 Å². The molecule has 0 spiro atoms. The maximum atomic E-state index is 5.80. The van der Waals surface area contributed by atoms with Gasteiger partial charge in [-0.1, -0.05) is 15.9 Å². The number of hydrogen-bond donors (Lipinski definition) is 1. The minimum Gasteiger partial charge on any atom is -0.493 e. The molecule has 1 aromatic carbocycles. The Bertz CT molecular complexity index is 430. The number of fused-ring (bicyclic) bond motifs is 3. The van der Waals surface area contributed by atoms with Crippen LogP contribution in [-0.2, 0) is 12.8 Å². The normalized spacial score (nSPS) is 22.5. The minimum atomic E-state index is 0.479. The van der Waals surface area contributed by atoms with Crippen molar-refractivity contribution < 1.29 is 4.74 Å². The van der Waals surface area contributed by atoms with E-state index in [4.69, 9.17) is 4.74 Å². The molecule has 3 heteroatoms. The Morgan fingerprint density at radius 3 is 3.12 bits per heavy atom. The molecule has 0 bridgehead atoms. The number of halogens is 1.